The Kier molecular flexibility index (Phi) is 8.46. The fourth-order valence-electron chi connectivity index (χ4n) is 4.01. The van der Waals surface area contributed by atoms with Crippen LogP contribution in [0.25, 0.3) is 33.0 Å². The summed E-state index contributed by atoms with van der Waals surface area (Å²) in [6, 6.07) is 29.0. The minimum absolute atomic E-state index is 0.486. The third-order valence-corrected chi connectivity index (χ3v) is 5.52. The zero-order valence-electron chi connectivity index (χ0n) is 17.9. The number of hydrogen-bond acceptors (Lipinski definition) is 0. The third kappa shape index (κ3) is 5.13. The standard InChI is InChI=1S/C27H27.2ClH.Zr/c1-18(2)22-16-21-14-15-24(20-10-6-5-7-11-20)27(26(21)17-22)25-13-9-8-12-23(25)19(3)4;;;/h5-19H,1-4H3;2*1H;/q-1;;;+2/p-2. The molecule has 0 atom stereocenters. The van der Waals surface area contributed by atoms with E-state index in [0.29, 0.717) is 11.8 Å². The number of fused-ring (bicyclic) bond motifs is 1. The predicted octanol–water partition coefficient (Wildman–Crippen LogP) is 9.52. The molecule has 0 nitrogen and oxygen atoms in total. The van der Waals surface area contributed by atoms with Gasteiger partial charge in [-0.25, -0.2) is 0 Å². The molecule has 0 saturated carbocycles. The first-order valence-corrected chi connectivity index (χ1v) is 16.6. The van der Waals surface area contributed by atoms with E-state index < -0.39 is 20.8 Å². The molecule has 0 aromatic heterocycles. The fraction of sp³-hybridized carbons (Fsp3) is 0.222. The summed E-state index contributed by atoms with van der Waals surface area (Å²) < 4.78 is 0. The molecule has 30 heavy (non-hydrogen) atoms. The van der Waals surface area contributed by atoms with E-state index in [4.69, 9.17) is 17.0 Å². The maximum absolute atomic E-state index is 4.93. The quantitative estimate of drug-likeness (QED) is 0.238. The minimum atomic E-state index is -0.826. The van der Waals surface area contributed by atoms with E-state index in [0.717, 1.165) is 0 Å². The van der Waals surface area contributed by atoms with Crippen molar-refractivity contribution in [3.8, 4) is 22.3 Å². The van der Waals surface area contributed by atoms with Gasteiger partial charge in [0.2, 0.25) is 0 Å². The molecule has 0 saturated heterocycles. The van der Waals surface area contributed by atoms with Gasteiger partial charge in [0.1, 0.15) is 0 Å². The molecule has 0 heterocycles. The van der Waals surface area contributed by atoms with Crippen LogP contribution in [0.4, 0.5) is 0 Å². The summed E-state index contributed by atoms with van der Waals surface area (Å²) in [7, 11) is 9.87. The Hall–Kier alpha value is -1.27. The molecule has 0 fully saturated rings. The summed E-state index contributed by atoms with van der Waals surface area (Å²) in [5.41, 5.74) is 8.15. The SMILES string of the molecule is CC(C)c1cc2c(-c3ccccc3C(C)C)c(-c3ccccc3)ccc2[cH-]1.[Cl][Zr][Cl]. The van der Waals surface area contributed by atoms with Crippen LogP contribution in [0, 0.1) is 0 Å². The molecular weight excluding hydrogens is 486 g/mol. The maximum atomic E-state index is 4.93. The molecule has 0 N–H and O–H groups in total. The van der Waals surface area contributed by atoms with Crippen molar-refractivity contribution in [2.75, 3.05) is 0 Å². The molecule has 0 spiro atoms. The monoisotopic (exact) mass is 511 g/mol. The van der Waals surface area contributed by atoms with Gasteiger partial charge >= 0.3 is 37.9 Å². The summed E-state index contributed by atoms with van der Waals surface area (Å²) in [6.07, 6.45) is 0. The van der Waals surface area contributed by atoms with Crippen LogP contribution in [0.2, 0.25) is 0 Å². The zero-order chi connectivity index (χ0) is 21.7. The average Bonchev–Trinajstić information content (AvgIpc) is 3.19. The first kappa shape index (κ1) is 23.4. The van der Waals surface area contributed by atoms with Gasteiger partial charge in [-0.2, -0.15) is 6.07 Å². The van der Waals surface area contributed by atoms with Gasteiger partial charge < -0.3 is 0 Å². The van der Waals surface area contributed by atoms with E-state index in [1.54, 1.807) is 0 Å². The van der Waals surface area contributed by atoms with Crippen molar-refractivity contribution >= 4 is 27.8 Å². The molecular formula is C27H27Cl2Zr-. The molecule has 154 valence electrons. The number of halogens is 2. The van der Waals surface area contributed by atoms with E-state index in [9.17, 15) is 0 Å². The normalized spacial score (nSPS) is 10.9. The fourth-order valence-corrected chi connectivity index (χ4v) is 4.01. The Morgan fingerprint density at radius 1 is 0.733 bits per heavy atom. The predicted molar refractivity (Wildman–Crippen MR) is 130 cm³/mol. The molecule has 0 aliphatic rings. The van der Waals surface area contributed by atoms with Crippen LogP contribution in [0.1, 0.15) is 50.7 Å². The first-order valence-electron chi connectivity index (χ1n) is 10.3. The molecule has 4 aromatic carbocycles. The number of rotatable bonds is 4. The Labute approximate surface area is 199 Å². The second kappa shape index (κ2) is 10.9. The van der Waals surface area contributed by atoms with Gasteiger partial charge in [-0.1, -0.05) is 93.9 Å². The van der Waals surface area contributed by atoms with E-state index in [2.05, 4.69) is 107 Å². The van der Waals surface area contributed by atoms with Crippen molar-refractivity contribution in [1.82, 2.24) is 0 Å². The second-order valence-electron chi connectivity index (χ2n) is 8.11. The zero-order valence-corrected chi connectivity index (χ0v) is 21.9. The molecule has 0 bridgehead atoms. The van der Waals surface area contributed by atoms with E-state index in [1.807, 2.05) is 0 Å². The summed E-state index contributed by atoms with van der Waals surface area (Å²) >= 11 is -0.826. The van der Waals surface area contributed by atoms with Crippen LogP contribution >= 0.6 is 17.0 Å². The van der Waals surface area contributed by atoms with Crippen molar-refractivity contribution in [2.45, 2.75) is 39.5 Å². The molecule has 0 aliphatic heterocycles. The van der Waals surface area contributed by atoms with Gasteiger partial charge in [0, 0.05) is 0 Å². The van der Waals surface area contributed by atoms with Gasteiger partial charge in [0.25, 0.3) is 0 Å². The van der Waals surface area contributed by atoms with Crippen LogP contribution in [0.15, 0.2) is 78.9 Å². The van der Waals surface area contributed by atoms with Crippen molar-refractivity contribution in [1.29, 1.82) is 0 Å². The molecule has 0 aliphatic carbocycles. The first-order chi connectivity index (χ1) is 14.5. The van der Waals surface area contributed by atoms with E-state index in [1.165, 1.54) is 44.2 Å². The molecule has 4 aromatic rings. The summed E-state index contributed by atoms with van der Waals surface area (Å²) in [5.74, 6) is 1.02. The van der Waals surface area contributed by atoms with Crippen LogP contribution in [0.5, 0.6) is 0 Å². The van der Waals surface area contributed by atoms with Crippen molar-refractivity contribution in [3.05, 3.63) is 90.0 Å². The van der Waals surface area contributed by atoms with Gasteiger partial charge in [0.05, 0.1) is 0 Å². The Morgan fingerprint density at radius 3 is 2.00 bits per heavy atom. The average molecular weight is 514 g/mol. The van der Waals surface area contributed by atoms with Gasteiger partial charge in [0.15, 0.2) is 0 Å². The van der Waals surface area contributed by atoms with Crippen molar-refractivity contribution < 1.29 is 20.8 Å². The van der Waals surface area contributed by atoms with E-state index >= 15 is 0 Å². The van der Waals surface area contributed by atoms with Gasteiger partial charge in [-0.3, -0.25) is 0 Å². The number of benzene rings is 3. The summed E-state index contributed by atoms with van der Waals surface area (Å²) in [6.45, 7) is 9.11. The topological polar surface area (TPSA) is 0 Å². The van der Waals surface area contributed by atoms with E-state index in [-0.39, 0.29) is 0 Å². The molecule has 0 amide bonds. The Bertz CT molecular complexity index is 1090. The number of hydrogen-bond donors (Lipinski definition) is 0. The van der Waals surface area contributed by atoms with Crippen LogP contribution in [-0.2, 0) is 20.8 Å². The summed E-state index contributed by atoms with van der Waals surface area (Å²) in [4.78, 5) is 0. The molecule has 0 unspecified atom stereocenters. The molecule has 3 heteroatoms. The van der Waals surface area contributed by atoms with Crippen molar-refractivity contribution in [2.24, 2.45) is 0 Å². The molecule has 4 rings (SSSR count). The van der Waals surface area contributed by atoms with Crippen molar-refractivity contribution in [3.63, 3.8) is 0 Å². The second-order valence-corrected chi connectivity index (χ2v) is 11.8. The van der Waals surface area contributed by atoms with Crippen LogP contribution in [-0.4, -0.2) is 0 Å². The summed E-state index contributed by atoms with van der Waals surface area (Å²) in [5, 5.41) is 2.71. The van der Waals surface area contributed by atoms with Gasteiger partial charge in [-0.05, 0) is 34.1 Å². The van der Waals surface area contributed by atoms with Crippen LogP contribution in [0.3, 0.4) is 0 Å². The van der Waals surface area contributed by atoms with Gasteiger partial charge in [-0.15, -0.1) is 28.5 Å². The Balaban J connectivity index is 0.000000806. The van der Waals surface area contributed by atoms with Crippen LogP contribution < -0.4 is 0 Å². The molecule has 0 radical (unpaired) electrons. The Morgan fingerprint density at radius 2 is 1.37 bits per heavy atom. The third-order valence-electron chi connectivity index (χ3n) is 5.52.